The molecule has 1 unspecified atom stereocenters. The van der Waals surface area contributed by atoms with Gasteiger partial charge in [-0.1, -0.05) is 12.1 Å². The summed E-state index contributed by atoms with van der Waals surface area (Å²) >= 11 is 0. The Labute approximate surface area is 334 Å². The molecule has 58 heavy (non-hydrogen) atoms. The number of aromatic nitrogens is 7. The first-order chi connectivity index (χ1) is 27.9. The summed E-state index contributed by atoms with van der Waals surface area (Å²) in [6.45, 7) is 3.02. The molecular weight excluding hydrogens is 753 g/mol. The minimum absolute atomic E-state index is 0.0155. The first-order valence-corrected chi connectivity index (χ1v) is 19.9. The van der Waals surface area contributed by atoms with Crippen LogP contribution in [-0.4, -0.2) is 104 Å². The Hall–Kier alpha value is -5.49. The van der Waals surface area contributed by atoms with E-state index >= 15 is 0 Å². The first-order valence-electron chi connectivity index (χ1n) is 19.9. The number of imidazole rings is 1. The number of piperidine rings is 1. The Morgan fingerprint density at radius 2 is 1.83 bits per heavy atom. The lowest BCUT2D eigenvalue weighted by Gasteiger charge is -2.31. The average Bonchev–Trinajstić information content (AvgIpc) is 3.89. The van der Waals surface area contributed by atoms with E-state index in [-0.39, 0.29) is 35.3 Å². The van der Waals surface area contributed by atoms with Gasteiger partial charge in [0.05, 0.1) is 29.0 Å². The number of nitrogens with one attached hydrogen (secondary N) is 2. The summed E-state index contributed by atoms with van der Waals surface area (Å²) < 4.78 is 40.3. The maximum Gasteiger partial charge on any atom is 0.329 e. The van der Waals surface area contributed by atoms with Gasteiger partial charge in [0.2, 0.25) is 11.8 Å². The van der Waals surface area contributed by atoms with E-state index in [4.69, 9.17) is 4.74 Å². The van der Waals surface area contributed by atoms with E-state index in [1.54, 1.807) is 33.5 Å². The van der Waals surface area contributed by atoms with Crippen LogP contribution in [0.1, 0.15) is 91.5 Å². The minimum atomic E-state index is -2.86. The highest BCUT2D eigenvalue weighted by atomic mass is 19.3. The highest BCUT2D eigenvalue weighted by molar-refractivity contribution is 6.08. The molecule has 1 aliphatic carbocycles. The van der Waals surface area contributed by atoms with Crippen LogP contribution >= 0.6 is 0 Å². The van der Waals surface area contributed by atoms with Crippen LogP contribution in [0.5, 0.6) is 0 Å². The average molecular weight is 804 g/mol. The van der Waals surface area contributed by atoms with Gasteiger partial charge in [0.1, 0.15) is 17.4 Å². The van der Waals surface area contributed by atoms with E-state index in [0.717, 1.165) is 62.7 Å². The summed E-state index contributed by atoms with van der Waals surface area (Å²) in [5.74, 6) is -0.237. The molecule has 1 aliphatic heterocycles. The monoisotopic (exact) mass is 803 g/mol. The zero-order valence-electron chi connectivity index (χ0n) is 33.4. The van der Waals surface area contributed by atoms with Gasteiger partial charge in [-0.15, -0.1) is 0 Å². The van der Waals surface area contributed by atoms with E-state index in [2.05, 4.69) is 37.8 Å². The molecule has 0 bridgehead atoms. The van der Waals surface area contributed by atoms with Gasteiger partial charge in [-0.05, 0) is 82.0 Å². The molecule has 2 aliphatic rings. The van der Waals surface area contributed by atoms with Gasteiger partial charge in [0, 0.05) is 66.3 Å². The molecule has 0 spiro atoms. The van der Waals surface area contributed by atoms with Crippen LogP contribution in [0, 0.1) is 5.92 Å². The molecule has 3 amide bonds. The second-order valence-corrected chi connectivity index (χ2v) is 15.6. The molecule has 1 saturated carbocycles. The quantitative estimate of drug-likeness (QED) is 0.107. The molecule has 5 heterocycles. The molecule has 16 nitrogen and oxygen atoms in total. The smallest absolute Gasteiger partial charge is 0.329 e. The Morgan fingerprint density at radius 3 is 2.57 bits per heavy atom. The second-order valence-electron chi connectivity index (χ2n) is 15.6. The van der Waals surface area contributed by atoms with E-state index in [9.17, 15) is 28.0 Å². The molecule has 1 aromatic carbocycles. The van der Waals surface area contributed by atoms with Crippen LogP contribution in [0.4, 0.5) is 20.3 Å². The Balaban J connectivity index is 0.836. The predicted octanol–water partition coefficient (Wildman–Crippen LogP) is 4.52. The number of benzene rings is 1. The third-order valence-corrected chi connectivity index (χ3v) is 11.3. The Bertz CT molecular complexity index is 2340. The summed E-state index contributed by atoms with van der Waals surface area (Å²) in [4.78, 5) is 59.3. The maximum atomic E-state index is 14.1. The number of hydrogen-bond donors (Lipinski definition) is 2. The van der Waals surface area contributed by atoms with Crippen molar-refractivity contribution in [3.05, 3.63) is 70.2 Å². The third kappa shape index (κ3) is 8.67. The van der Waals surface area contributed by atoms with Gasteiger partial charge < -0.3 is 19.9 Å². The largest absolute Gasteiger partial charge is 0.381 e. The standard InChI is InChI=1S/C40H51F2N11O5/c1-48(2)32-17-19-51-37(45-32)28(22-43-51)38(55)44-29-24-52(47-34(29)36(41)42)27-13-11-25(12-14-27)23-49(3)18-7-21-58-20-6-9-26-8-5-10-30-35(26)50(4)40(57)53(30)31-15-16-33(54)46-39(31)56/h5,8,10,17,19,22,24-25,27,31,36H,6-7,9,11-16,18,20-21,23H2,1-4H3,(H,44,55)(H,46,54,56). The van der Waals surface area contributed by atoms with Gasteiger partial charge in [0.15, 0.2) is 11.3 Å². The van der Waals surface area contributed by atoms with Gasteiger partial charge >= 0.3 is 5.69 Å². The number of carbonyl (C=O) groups is 3. The fourth-order valence-electron chi connectivity index (χ4n) is 8.29. The van der Waals surface area contributed by atoms with E-state index in [1.165, 1.54) is 21.5 Å². The number of nitrogens with zero attached hydrogens (tertiary/aromatic N) is 9. The lowest BCUT2D eigenvalue weighted by Crippen LogP contribution is -2.44. The number of amides is 3. The van der Waals surface area contributed by atoms with Crippen molar-refractivity contribution in [3.8, 4) is 0 Å². The van der Waals surface area contributed by atoms with Crippen molar-refractivity contribution in [2.24, 2.45) is 13.0 Å². The molecule has 310 valence electrons. The minimum Gasteiger partial charge on any atom is -0.381 e. The number of carbonyl (C=O) groups excluding carboxylic acids is 3. The molecule has 4 aromatic heterocycles. The van der Waals surface area contributed by atoms with Crippen LogP contribution in [-0.2, 0) is 27.8 Å². The summed E-state index contributed by atoms with van der Waals surface area (Å²) in [6.07, 6.45) is 8.06. The SMILES string of the molecule is CN(CCCOCCCc1cccc2c1n(C)c(=O)n2C1CCC(=O)NC1=O)CC1CCC(n2cc(NC(=O)c3cnn4ccc(N(C)C)nc34)c(C(F)F)n2)CC1. The highest BCUT2D eigenvalue weighted by Crippen LogP contribution is 2.35. The number of ether oxygens (including phenoxy) is 1. The number of fused-ring (bicyclic) bond motifs is 2. The molecular formula is C40H51F2N11O5. The summed E-state index contributed by atoms with van der Waals surface area (Å²) in [5, 5.41) is 13.4. The van der Waals surface area contributed by atoms with Crippen molar-refractivity contribution in [2.75, 3.05) is 57.7 Å². The van der Waals surface area contributed by atoms with E-state index in [0.29, 0.717) is 49.0 Å². The fraction of sp³-hybridized carbons (Fsp3) is 0.525. The number of halogens is 2. The fourth-order valence-corrected chi connectivity index (χ4v) is 8.29. The van der Waals surface area contributed by atoms with Crippen molar-refractivity contribution >= 4 is 45.9 Å². The number of aryl methyl sites for hydroxylation is 2. The summed E-state index contributed by atoms with van der Waals surface area (Å²) in [5.41, 5.74) is 2.24. The molecule has 1 saturated heterocycles. The van der Waals surface area contributed by atoms with Crippen molar-refractivity contribution < 1.29 is 27.9 Å². The molecule has 0 radical (unpaired) electrons. The molecule has 7 rings (SSSR count). The zero-order valence-corrected chi connectivity index (χ0v) is 33.4. The van der Waals surface area contributed by atoms with E-state index in [1.807, 2.05) is 32.3 Å². The normalized spacial score (nSPS) is 18.8. The maximum absolute atomic E-state index is 14.1. The van der Waals surface area contributed by atoms with Gasteiger partial charge in [-0.2, -0.15) is 10.2 Å². The highest BCUT2D eigenvalue weighted by Gasteiger charge is 2.32. The Morgan fingerprint density at radius 1 is 1.05 bits per heavy atom. The number of rotatable bonds is 16. The number of para-hydroxylation sites is 1. The van der Waals surface area contributed by atoms with Gasteiger partial charge in [0.25, 0.3) is 12.3 Å². The van der Waals surface area contributed by atoms with E-state index < -0.39 is 30.0 Å². The molecule has 2 N–H and O–H groups in total. The zero-order chi connectivity index (χ0) is 41.1. The van der Waals surface area contributed by atoms with Crippen LogP contribution in [0.3, 0.4) is 0 Å². The van der Waals surface area contributed by atoms with Crippen LogP contribution < -0.4 is 21.2 Å². The topological polar surface area (TPSA) is 166 Å². The van der Waals surface area contributed by atoms with Crippen molar-refractivity contribution in [2.45, 2.75) is 76.3 Å². The predicted molar refractivity (Wildman–Crippen MR) is 213 cm³/mol. The molecule has 1 atom stereocenters. The van der Waals surface area contributed by atoms with Crippen molar-refractivity contribution in [1.82, 2.24) is 43.7 Å². The lowest BCUT2D eigenvalue weighted by molar-refractivity contribution is -0.135. The van der Waals surface area contributed by atoms with Gasteiger partial charge in [-0.3, -0.25) is 33.5 Å². The number of alkyl halides is 2. The number of anilines is 2. The number of hydrogen-bond acceptors (Lipinski definition) is 10. The van der Waals surface area contributed by atoms with Gasteiger partial charge in [-0.25, -0.2) is 23.1 Å². The summed E-state index contributed by atoms with van der Waals surface area (Å²) in [7, 11) is 7.48. The first kappa shape index (κ1) is 40.7. The van der Waals surface area contributed by atoms with Crippen molar-refractivity contribution in [1.29, 1.82) is 0 Å². The van der Waals surface area contributed by atoms with Crippen LogP contribution in [0.2, 0.25) is 0 Å². The van der Waals surface area contributed by atoms with Crippen LogP contribution in [0.25, 0.3) is 16.7 Å². The Kier molecular flexibility index (Phi) is 12.3. The second kappa shape index (κ2) is 17.6. The molecule has 18 heteroatoms. The van der Waals surface area contributed by atoms with Crippen molar-refractivity contribution in [3.63, 3.8) is 0 Å². The van der Waals surface area contributed by atoms with Crippen LogP contribution in [0.15, 0.2) is 47.7 Å². The molecule has 5 aromatic rings. The number of imide groups is 1. The lowest BCUT2D eigenvalue weighted by atomic mass is 9.86. The molecule has 2 fully saturated rings. The third-order valence-electron chi connectivity index (χ3n) is 11.3. The summed E-state index contributed by atoms with van der Waals surface area (Å²) in [6, 6.07) is 6.74.